The first-order valence-corrected chi connectivity index (χ1v) is 8.64. The molecule has 0 saturated heterocycles. The van der Waals surface area contributed by atoms with Crippen molar-refractivity contribution in [2.24, 2.45) is 0 Å². The summed E-state index contributed by atoms with van der Waals surface area (Å²) in [6.07, 6.45) is 1.30. The highest BCUT2D eigenvalue weighted by Gasteiger charge is 2.15. The van der Waals surface area contributed by atoms with Gasteiger partial charge in [0.1, 0.15) is 16.5 Å². The number of nitrogens with zero attached hydrogens (tertiary/aromatic N) is 1. The highest BCUT2D eigenvalue weighted by molar-refractivity contribution is 7.89. The molecule has 7 heteroatoms. The molecule has 0 amide bonds. The van der Waals surface area contributed by atoms with Gasteiger partial charge in [0.2, 0.25) is 10.0 Å². The molecule has 0 aliphatic carbocycles. The summed E-state index contributed by atoms with van der Waals surface area (Å²) >= 11 is 0. The molecule has 1 aromatic heterocycles. The maximum atomic E-state index is 13.5. The highest BCUT2D eigenvalue weighted by atomic mass is 32.2. The van der Waals surface area contributed by atoms with Crippen LogP contribution in [0.15, 0.2) is 59.6 Å². The van der Waals surface area contributed by atoms with Gasteiger partial charge in [0.05, 0.1) is 12.6 Å². The lowest BCUT2D eigenvalue weighted by Crippen LogP contribution is -2.23. The molecular weight excluding hydrogens is 331 g/mol. The molecule has 5 nitrogen and oxygen atoms in total. The number of methoxy groups -OCH3 is 1. The molecular formula is C17H15FN2O3S. The molecule has 2 aromatic carbocycles. The van der Waals surface area contributed by atoms with Gasteiger partial charge < -0.3 is 4.74 Å². The Morgan fingerprint density at radius 3 is 2.75 bits per heavy atom. The first-order chi connectivity index (χ1) is 11.5. The zero-order chi connectivity index (χ0) is 17.2. The number of pyridine rings is 1. The Labute approximate surface area is 139 Å². The molecule has 1 heterocycles. The molecule has 3 aromatic rings. The van der Waals surface area contributed by atoms with Crippen LogP contribution in [0.5, 0.6) is 5.75 Å². The Balaban J connectivity index is 1.84. The van der Waals surface area contributed by atoms with E-state index in [2.05, 4.69) is 9.71 Å². The normalized spacial score (nSPS) is 11.6. The van der Waals surface area contributed by atoms with Crippen molar-refractivity contribution in [2.75, 3.05) is 7.11 Å². The molecule has 0 saturated carbocycles. The van der Waals surface area contributed by atoms with Gasteiger partial charge in [-0.3, -0.25) is 4.98 Å². The molecule has 24 heavy (non-hydrogen) atoms. The molecule has 0 aliphatic rings. The van der Waals surface area contributed by atoms with Crippen molar-refractivity contribution >= 4 is 20.9 Å². The summed E-state index contributed by atoms with van der Waals surface area (Å²) in [7, 11) is -2.34. The Morgan fingerprint density at radius 1 is 1.17 bits per heavy atom. The fraction of sp³-hybridized carbons (Fsp3) is 0.118. The minimum Gasteiger partial charge on any atom is -0.497 e. The largest absolute Gasteiger partial charge is 0.497 e. The first-order valence-electron chi connectivity index (χ1n) is 7.16. The Kier molecular flexibility index (Phi) is 4.46. The topological polar surface area (TPSA) is 68.3 Å². The van der Waals surface area contributed by atoms with Gasteiger partial charge in [-0.05, 0) is 29.8 Å². The summed E-state index contributed by atoms with van der Waals surface area (Å²) in [5.74, 6) is -0.160. The van der Waals surface area contributed by atoms with Gasteiger partial charge in [0.15, 0.2) is 0 Å². The van der Waals surface area contributed by atoms with Crippen LogP contribution < -0.4 is 9.46 Å². The van der Waals surface area contributed by atoms with Crippen LogP contribution in [0.4, 0.5) is 4.39 Å². The summed E-state index contributed by atoms with van der Waals surface area (Å²) in [5.41, 5.74) is 1.18. The Hall–Kier alpha value is -2.51. The standard InChI is InChI=1S/C17H15FN2O3S/c1-23-15-7-12(6-14(18)9-15)10-20-24(21,22)16-8-13-4-2-3-5-17(13)19-11-16/h2-9,11,20H,10H2,1H3. The van der Waals surface area contributed by atoms with Crippen LogP contribution >= 0.6 is 0 Å². The molecule has 0 radical (unpaired) electrons. The summed E-state index contributed by atoms with van der Waals surface area (Å²) in [6, 6.07) is 12.8. The fourth-order valence-electron chi connectivity index (χ4n) is 2.30. The van der Waals surface area contributed by atoms with Crippen LogP contribution in [-0.4, -0.2) is 20.5 Å². The van der Waals surface area contributed by atoms with Crippen LogP contribution in [0.3, 0.4) is 0 Å². The van der Waals surface area contributed by atoms with Gasteiger partial charge in [-0.15, -0.1) is 0 Å². The maximum absolute atomic E-state index is 13.5. The third kappa shape index (κ3) is 3.52. The van der Waals surface area contributed by atoms with Crippen molar-refractivity contribution in [1.82, 2.24) is 9.71 Å². The van der Waals surface area contributed by atoms with Crippen LogP contribution in [0.1, 0.15) is 5.56 Å². The molecule has 124 valence electrons. The molecule has 0 fully saturated rings. The van der Waals surface area contributed by atoms with Crippen molar-refractivity contribution in [3.8, 4) is 5.75 Å². The van der Waals surface area contributed by atoms with Gasteiger partial charge in [-0.1, -0.05) is 18.2 Å². The van der Waals surface area contributed by atoms with Gasteiger partial charge in [-0.2, -0.15) is 0 Å². The zero-order valence-electron chi connectivity index (χ0n) is 12.9. The third-order valence-corrected chi connectivity index (χ3v) is 4.88. The van der Waals surface area contributed by atoms with Crippen LogP contribution in [-0.2, 0) is 16.6 Å². The predicted molar refractivity (Wildman–Crippen MR) is 88.7 cm³/mol. The van der Waals surface area contributed by atoms with E-state index >= 15 is 0 Å². The van der Waals surface area contributed by atoms with Crippen molar-refractivity contribution in [1.29, 1.82) is 0 Å². The van der Waals surface area contributed by atoms with Crippen LogP contribution in [0.25, 0.3) is 10.9 Å². The molecule has 0 atom stereocenters. The van der Waals surface area contributed by atoms with E-state index in [0.717, 1.165) is 5.39 Å². The van der Waals surface area contributed by atoms with Crippen molar-refractivity contribution < 1.29 is 17.5 Å². The van der Waals surface area contributed by atoms with E-state index in [1.54, 1.807) is 24.3 Å². The van der Waals surface area contributed by atoms with E-state index < -0.39 is 15.8 Å². The van der Waals surface area contributed by atoms with E-state index in [4.69, 9.17) is 4.74 Å². The lowest BCUT2D eigenvalue weighted by atomic mass is 10.2. The van der Waals surface area contributed by atoms with E-state index in [1.807, 2.05) is 12.1 Å². The number of para-hydroxylation sites is 1. The predicted octanol–water partition coefficient (Wildman–Crippen LogP) is 2.86. The molecule has 0 aliphatic heterocycles. The van der Waals surface area contributed by atoms with E-state index in [0.29, 0.717) is 16.8 Å². The first kappa shape index (κ1) is 16.4. The number of fused-ring (bicyclic) bond motifs is 1. The molecule has 0 spiro atoms. The van der Waals surface area contributed by atoms with Crippen molar-refractivity contribution in [3.63, 3.8) is 0 Å². The van der Waals surface area contributed by atoms with Gasteiger partial charge in [-0.25, -0.2) is 17.5 Å². The number of rotatable bonds is 5. The quantitative estimate of drug-likeness (QED) is 0.771. The summed E-state index contributed by atoms with van der Waals surface area (Å²) in [4.78, 5) is 4.20. The Bertz CT molecular complexity index is 990. The van der Waals surface area contributed by atoms with Gasteiger partial charge in [0, 0.05) is 24.2 Å². The van der Waals surface area contributed by atoms with Crippen molar-refractivity contribution in [3.05, 3.63) is 66.1 Å². The average molecular weight is 346 g/mol. The maximum Gasteiger partial charge on any atom is 0.242 e. The summed E-state index contributed by atoms with van der Waals surface area (Å²) in [5, 5.41) is 0.729. The number of ether oxygens (including phenoxy) is 1. The van der Waals surface area contributed by atoms with Crippen molar-refractivity contribution in [2.45, 2.75) is 11.4 Å². The minimum atomic E-state index is -3.76. The molecule has 1 N–H and O–H groups in total. The average Bonchev–Trinajstić information content (AvgIpc) is 2.59. The monoisotopic (exact) mass is 346 g/mol. The zero-order valence-corrected chi connectivity index (χ0v) is 13.7. The van der Waals surface area contributed by atoms with Crippen LogP contribution in [0.2, 0.25) is 0 Å². The number of aromatic nitrogens is 1. The van der Waals surface area contributed by atoms with E-state index in [1.165, 1.54) is 25.4 Å². The number of hydrogen-bond donors (Lipinski definition) is 1. The highest BCUT2D eigenvalue weighted by Crippen LogP contribution is 2.18. The van der Waals surface area contributed by atoms with Gasteiger partial charge >= 0.3 is 0 Å². The number of nitrogens with one attached hydrogen (secondary N) is 1. The smallest absolute Gasteiger partial charge is 0.242 e. The van der Waals surface area contributed by atoms with Crippen LogP contribution in [0, 0.1) is 5.82 Å². The van der Waals surface area contributed by atoms with Gasteiger partial charge in [0.25, 0.3) is 0 Å². The second-order valence-corrected chi connectivity index (χ2v) is 6.95. The number of benzene rings is 2. The number of sulfonamides is 1. The second kappa shape index (κ2) is 6.54. The molecule has 0 unspecified atom stereocenters. The fourth-order valence-corrected chi connectivity index (χ4v) is 3.30. The third-order valence-electron chi connectivity index (χ3n) is 3.51. The van der Waals surface area contributed by atoms with E-state index in [-0.39, 0.29) is 11.4 Å². The number of hydrogen-bond acceptors (Lipinski definition) is 4. The lowest BCUT2D eigenvalue weighted by Gasteiger charge is -2.09. The summed E-state index contributed by atoms with van der Waals surface area (Å²) < 4.78 is 45.7. The van der Waals surface area contributed by atoms with E-state index in [9.17, 15) is 12.8 Å². The lowest BCUT2D eigenvalue weighted by molar-refractivity contribution is 0.410. The second-order valence-electron chi connectivity index (χ2n) is 5.19. The minimum absolute atomic E-state index is 0.0523. The number of halogens is 1. The molecule has 0 bridgehead atoms. The molecule has 3 rings (SSSR count). The SMILES string of the molecule is COc1cc(F)cc(CNS(=O)(=O)c2cnc3ccccc3c2)c1. The summed E-state index contributed by atoms with van der Waals surface area (Å²) in [6.45, 7) is -0.0523. The Morgan fingerprint density at radius 2 is 1.96 bits per heavy atom.